The molecule has 0 heterocycles. The maximum absolute atomic E-state index is 11.5. The van der Waals surface area contributed by atoms with Gasteiger partial charge in [-0.05, 0) is 18.3 Å². The predicted octanol–water partition coefficient (Wildman–Crippen LogP) is 0.515. The molecule has 0 aliphatic heterocycles. The van der Waals surface area contributed by atoms with Crippen LogP contribution >= 0.6 is 9.24 Å². The lowest BCUT2D eigenvalue weighted by Crippen LogP contribution is -2.18. The van der Waals surface area contributed by atoms with Gasteiger partial charge >= 0.3 is 5.97 Å². The van der Waals surface area contributed by atoms with Crippen molar-refractivity contribution < 1.29 is 14.3 Å². The number of hydrogen-bond donors (Lipinski definition) is 1. The van der Waals surface area contributed by atoms with Gasteiger partial charge in [0.1, 0.15) is 0 Å². The van der Waals surface area contributed by atoms with E-state index in [0.717, 1.165) is 5.30 Å². The first-order valence-corrected chi connectivity index (χ1v) is 5.00. The second-order valence-corrected chi connectivity index (χ2v) is 3.52. The molecule has 5 heteroatoms. The molecule has 0 bridgehead atoms. The van der Waals surface area contributed by atoms with Gasteiger partial charge in [-0.2, -0.15) is 0 Å². The monoisotopic (exact) mass is 225 g/mol. The van der Waals surface area contributed by atoms with E-state index in [0.29, 0.717) is 5.69 Å². The summed E-state index contributed by atoms with van der Waals surface area (Å²) in [6, 6.07) is 4.66. The number of rotatable bonds is 3. The SMILES string of the molecule is CCOC(=O)C(=O)c1ccc(P)c(N)c1. The molecule has 1 unspecified atom stereocenters. The van der Waals surface area contributed by atoms with Crippen LogP contribution in [0.4, 0.5) is 5.69 Å². The van der Waals surface area contributed by atoms with Crippen molar-refractivity contribution in [2.75, 3.05) is 12.3 Å². The molecule has 0 radical (unpaired) electrons. The second-order valence-electron chi connectivity index (χ2n) is 2.89. The number of hydrogen-bond acceptors (Lipinski definition) is 4. The summed E-state index contributed by atoms with van der Waals surface area (Å²) in [5.41, 5.74) is 6.31. The van der Waals surface area contributed by atoms with Gasteiger partial charge in [0, 0.05) is 11.3 Å². The van der Waals surface area contributed by atoms with E-state index in [4.69, 9.17) is 5.73 Å². The molecule has 0 fully saturated rings. The molecule has 4 nitrogen and oxygen atoms in total. The van der Waals surface area contributed by atoms with Gasteiger partial charge in [0.25, 0.3) is 5.78 Å². The summed E-state index contributed by atoms with van der Waals surface area (Å²) in [4.78, 5) is 22.6. The number of nitrogens with two attached hydrogens (primary N) is 1. The minimum Gasteiger partial charge on any atom is -0.460 e. The van der Waals surface area contributed by atoms with Crippen molar-refractivity contribution in [2.45, 2.75) is 6.92 Å². The standard InChI is InChI=1S/C10H12NO3P/c1-2-14-10(13)9(12)6-3-4-8(15)7(11)5-6/h3-5H,2,11,15H2,1H3. The van der Waals surface area contributed by atoms with Crippen LogP contribution in [0.3, 0.4) is 0 Å². The van der Waals surface area contributed by atoms with E-state index in [1.54, 1.807) is 13.0 Å². The summed E-state index contributed by atoms with van der Waals surface area (Å²) in [7, 11) is 2.43. The molecule has 0 spiro atoms. The fraction of sp³-hybridized carbons (Fsp3) is 0.200. The number of carbonyl (C=O) groups excluding carboxylic acids is 2. The Morgan fingerprint density at radius 3 is 2.67 bits per heavy atom. The summed E-state index contributed by atoms with van der Waals surface area (Å²) in [6.45, 7) is 1.83. The number of anilines is 1. The van der Waals surface area contributed by atoms with Crippen molar-refractivity contribution in [3.8, 4) is 0 Å². The molecule has 1 aromatic carbocycles. The van der Waals surface area contributed by atoms with Crippen LogP contribution < -0.4 is 11.0 Å². The number of esters is 1. The van der Waals surface area contributed by atoms with E-state index >= 15 is 0 Å². The summed E-state index contributed by atoms with van der Waals surface area (Å²) in [6.07, 6.45) is 0. The Morgan fingerprint density at radius 1 is 1.47 bits per heavy atom. The Bertz CT molecular complexity index is 404. The zero-order valence-corrected chi connectivity index (χ0v) is 9.47. The molecule has 2 N–H and O–H groups in total. The zero-order chi connectivity index (χ0) is 11.4. The van der Waals surface area contributed by atoms with Gasteiger partial charge in [0.2, 0.25) is 0 Å². The van der Waals surface area contributed by atoms with Crippen LogP contribution in [0, 0.1) is 0 Å². The molecule has 15 heavy (non-hydrogen) atoms. The molecule has 0 saturated carbocycles. The highest BCUT2D eigenvalue weighted by molar-refractivity contribution is 7.28. The Hall–Kier alpha value is -1.41. The topological polar surface area (TPSA) is 69.4 Å². The molecule has 0 aromatic heterocycles. The number of nitrogen functional groups attached to an aromatic ring is 1. The van der Waals surface area contributed by atoms with E-state index in [2.05, 4.69) is 14.0 Å². The van der Waals surface area contributed by atoms with Crippen molar-refractivity contribution in [3.05, 3.63) is 23.8 Å². The molecule has 1 atom stereocenters. The van der Waals surface area contributed by atoms with Crippen LogP contribution in [0.25, 0.3) is 0 Å². The first-order valence-electron chi connectivity index (χ1n) is 4.42. The van der Waals surface area contributed by atoms with Crippen molar-refractivity contribution in [1.29, 1.82) is 0 Å². The highest BCUT2D eigenvalue weighted by Gasteiger charge is 2.17. The summed E-state index contributed by atoms with van der Waals surface area (Å²) < 4.78 is 4.59. The molecule has 1 rings (SSSR count). The molecular formula is C10H12NO3P. The number of Topliss-reactive ketones (excluding diaryl/α,β-unsaturated/α-hetero) is 1. The first kappa shape index (κ1) is 11.7. The lowest BCUT2D eigenvalue weighted by molar-refractivity contribution is -0.137. The zero-order valence-electron chi connectivity index (χ0n) is 8.32. The molecular weight excluding hydrogens is 213 g/mol. The number of ether oxygens (including phenoxy) is 1. The van der Waals surface area contributed by atoms with Crippen LogP contribution in [0.5, 0.6) is 0 Å². The summed E-state index contributed by atoms with van der Waals surface area (Å²) >= 11 is 0. The largest absolute Gasteiger partial charge is 0.460 e. The second kappa shape index (κ2) is 4.89. The average Bonchev–Trinajstić information content (AvgIpc) is 2.21. The van der Waals surface area contributed by atoms with Crippen LogP contribution in [0.15, 0.2) is 18.2 Å². The Balaban J connectivity index is 2.92. The first-order chi connectivity index (χ1) is 7.06. The summed E-state index contributed by atoms with van der Waals surface area (Å²) in [5, 5.41) is 0.787. The van der Waals surface area contributed by atoms with Crippen LogP contribution in [-0.2, 0) is 9.53 Å². The highest BCUT2D eigenvalue weighted by Crippen LogP contribution is 2.09. The van der Waals surface area contributed by atoms with Crippen molar-refractivity contribution in [3.63, 3.8) is 0 Å². The fourth-order valence-electron chi connectivity index (χ4n) is 1.03. The van der Waals surface area contributed by atoms with Gasteiger partial charge in [-0.25, -0.2) is 4.79 Å². The maximum atomic E-state index is 11.5. The van der Waals surface area contributed by atoms with Gasteiger partial charge in [0.05, 0.1) is 6.61 Å². The fourth-order valence-corrected chi connectivity index (χ4v) is 1.21. The molecule has 0 amide bonds. The van der Waals surface area contributed by atoms with Crippen LogP contribution in [0.1, 0.15) is 17.3 Å². The lowest BCUT2D eigenvalue weighted by Gasteiger charge is -2.03. The molecule has 1 aromatic rings. The molecule has 0 aliphatic rings. The molecule has 0 saturated heterocycles. The Kier molecular flexibility index (Phi) is 3.81. The van der Waals surface area contributed by atoms with E-state index in [1.807, 2.05) is 0 Å². The van der Waals surface area contributed by atoms with Gasteiger partial charge in [-0.1, -0.05) is 12.1 Å². The average molecular weight is 225 g/mol. The Morgan fingerprint density at radius 2 is 2.13 bits per heavy atom. The van der Waals surface area contributed by atoms with Gasteiger partial charge in [0.15, 0.2) is 0 Å². The predicted molar refractivity (Wildman–Crippen MR) is 61.2 cm³/mol. The highest BCUT2D eigenvalue weighted by atomic mass is 31.0. The van der Waals surface area contributed by atoms with E-state index in [9.17, 15) is 9.59 Å². The number of ketones is 1. The van der Waals surface area contributed by atoms with Crippen molar-refractivity contribution >= 4 is 32.0 Å². The number of carbonyl (C=O) groups is 2. The smallest absolute Gasteiger partial charge is 0.379 e. The summed E-state index contributed by atoms with van der Waals surface area (Å²) in [5.74, 6) is -1.53. The Labute approximate surface area is 90.0 Å². The normalized spacial score (nSPS) is 9.73. The number of benzene rings is 1. The maximum Gasteiger partial charge on any atom is 0.379 e. The molecule has 80 valence electrons. The van der Waals surface area contributed by atoms with E-state index in [1.165, 1.54) is 12.1 Å². The third-order valence-corrected chi connectivity index (χ3v) is 2.34. The van der Waals surface area contributed by atoms with E-state index < -0.39 is 11.8 Å². The van der Waals surface area contributed by atoms with Crippen LogP contribution in [-0.4, -0.2) is 18.4 Å². The minimum atomic E-state index is -0.853. The third kappa shape index (κ3) is 2.77. The quantitative estimate of drug-likeness (QED) is 0.267. The van der Waals surface area contributed by atoms with Gasteiger partial charge in [-0.3, -0.25) is 4.79 Å². The van der Waals surface area contributed by atoms with Crippen LogP contribution in [0.2, 0.25) is 0 Å². The minimum absolute atomic E-state index is 0.182. The van der Waals surface area contributed by atoms with Gasteiger partial charge < -0.3 is 10.5 Å². The van der Waals surface area contributed by atoms with Gasteiger partial charge in [-0.15, -0.1) is 9.24 Å². The third-order valence-electron chi connectivity index (χ3n) is 1.81. The molecule has 0 aliphatic carbocycles. The van der Waals surface area contributed by atoms with Crippen molar-refractivity contribution in [1.82, 2.24) is 0 Å². The lowest BCUT2D eigenvalue weighted by atomic mass is 10.1. The van der Waals surface area contributed by atoms with Crippen molar-refractivity contribution in [2.24, 2.45) is 0 Å². The van der Waals surface area contributed by atoms with E-state index in [-0.39, 0.29) is 12.2 Å².